The van der Waals surface area contributed by atoms with Crippen molar-refractivity contribution < 1.29 is 14.0 Å². The Bertz CT molecular complexity index is 787. The molecular weight excluding hydrogens is 356 g/mol. The second-order valence-electron chi connectivity index (χ2n) is 7.79. The molecule has 28 heavy (non-hydrogen) atoms. The van der Waals surface area contributed by atoms with Crippen LogP contribution in [-0.2, 0) is 24.9 Å². The molecule has 0 aromatic carbocycles. The standard InChI is InChI=1S/C21H30N4O3/c1-6-11-24(20(27)22-21(2,3)4)16-19(26)25(15-18-10-8-13-28-18)14-17-9-7-12-23(17)5/h6-10,12-13H,1,11,14-16H2,2-5H3,(H,22,27). The summed E-state index contributed by atoms with van der Waals surface area (Å²) < 4.78 is 7.39. The molecule has 0 atom stereocenters. The average molecular weight is 386 g/mol. The summed E-state index contributed by atoms with van der Waals surface area (Å²) in [7, 11) is 1.94. The maximum absolute atomic E-state index is 13.1. The maximum Gasteiger partial charge on any atom is 0.318 e. The van der Waals surface area contributed by atoms with Crippen LogP contribution in [0.4, 0.5) is 4.79 Å². The van der Waals surface area contributed by atoms with Crippen molar-refractivity contribution in [3.05, 3.63) is 60.8 Å². The van der Waals surface area contributed by atoms with Crippen molar-refractivity contribution in [3.63, 3.8) is 0 Å². The number of amides is 3. The van der Waals surface area contributed by atoms with E-state index in [4.69, 9.17) is 4.42 Å². The fourth-order valence-corrected chi connectivity index (χ4v) is 2.72. The maximum atomic E-state index is 13.1. The van der Waals surface area contributed by atoms with Gasteiger partial charge in [0.05, 0.1) is 19.4 Å². The van der Waals surface area contributed by atoms with Crippen LogP contribution in [0.3, 0.4) is 0 Å². The van der Waals surface area contributed by atoms with Gasteiger partial charge in [0.2, 0.25) is 5.91 Å². The molecule has 0 aliphatic heterocycles. The number of hydrogen-bond acceptors (Lipinski definition) is 3. The molecule has 0 saturated carbocycles. The van der Waals surface area contributed by atoms with Gasteiger partial charge in [0.1, 0.15) is 12.3 Å². The fraction of sp³-hybridized carbons (Fsp3) is 0.429. The molecule has 7 nitrogen and oxygen atoms in total. The lowest BCUT2D eigenvalue weighted by Gasteiger charge is -2.29. The van der Waals surface area contributed by atoms with E-state index in [1.54, 1.807) is 23.3 Å². The lowest BCUT2D eigenvalue weighted by atomic mass is 10.1. The molecule has 0 saturated heterocycles. The van der Waals surface area contributed by atoms with Crippen molar-refractivity contribution in [1.82, 2.24) is 19.7 Å². The third-order valence-electron chi connectivity index (χ3n) is 4.13. The topological polar surface area (TPSA) is 70.7 Å². The highest BCUT2D eigenvalue weighted by Gasteiger charge is 2.24. The smallest absolute Gasteiger partial charge is 0.318 e. The predicted octanol–water partition coefficient (Wildman–Crippen LogP) is 3.14. The second-order valence-corrected chi connectivity index (χ2v) is 7.79. The van der Waals surface area contributed by atoms with Crippen LogP contribution in [0.15, 0.2) is 53.8 Å². The Kier molecular flexibility index (Phi) is 7.09. The number of nitrogens with one attached hydrogen (secondary N) is 1. The van der Waals surface area contributed by atoms with Gasteiger partial charge in [-0.2, -0.15) is 0 Å². The van der Waals surface area contributed by atoms with Gasteiger partial charge >= 0.3 is 6.03 Å². The number of aryl methyl sites for hydroxylation is 1. The Morgan fingerprint density at radius 1 is 1.21 bits per heavy atom. The number of aromatic nitrogens is 1. The summed E-state index contributed by atoms with van der Waals surface area (Å²) >= 11 is 0. The van der Waals surface area contributed by atoms with Crippen molar-refractivity contribution in [2.75, 3.05) is 13.1 Å². The number of rotatable bonds is 8. The van der Waals surface area contributed by atoms with Crippen LogP contribution in [0.5, 0.6) is 0 Å². The van der Waals surface area contributed by atoms with E-state index in [0.717, 1.165) is 5.69 Å². The summed E-state index contributed by atoms with van der Waals surface area (Å²) in [4.78, 5) is 28.8. The SMILES string of the molecule is C=CCN(CC(=O)N(Cc1ccco1)Cc1cccn1C)C(=O)NC(C)(C)C. The highest BCUT2D eigenvalue weighted by molar-refractivity contribution is 5.84. The minimum atomic E-state index is -0.392. The van der Waals surface area contributed by atoms with E-state index < -0.39 is 5.54 Å². The molecule has 2 aromatic rings. The first kappa shape index (κ1) is 21.3. The van der Waals surface area contributed by atoms with E-state index in [1.807, 2.05) is 56.8 Å². The molecule has 152 valence electrons. The largest absolute Gasteiger partial charge is 0.467 e. The third kappa shape index (κ3) is 6.33. The van der Waals surface area contributed by atoms with E-state index in [0.29, 0.717) is 18.8 Å². The summed E-state index contributed by atoms with van der Waals surface area (Å²) in [5, 5.41) is 2.89. The average Bonchev–Trinajstić information content (AvgIpc) is 3.24. The van der Waals surface area contributed by atoms with Gasteiger partial charge in [-0.25, -0.2) is 4.79 Å². The van der Waals surface area contributed by atoms with E-state index in [9.17, 15) is 9.59 Å². The van der Waals surface area contributed by atoms with Crippen LogP contribution in [0.2, 0.25) is 0 Å². The van der Waals surface area contributed by atoms with E-state index in [1.165, 1.54) is 4.90 Å². The zero-order chi connectivity index (χ0) is 20.7. The van der Waals surface area contributed by atoms with Crippen LogP contribution in [0.1, 0.15) is 32.2 Å². The van der Waals surface area contributed by atoms with E-state index in [2.05, 4.69) is 11.9 Å². The normalized spacial score (nSPS) is 11.1. The van der Waals surface area contributed by atoms with Gasteiger partial charge in [0.25, 0.3) is 0 Å². The Hall–Kier alpha value is -2.96. The number of carbonyl (C=O) groups is 2. The summed E-state index contributed by atoms with van der Waals surface area (Å²) in [6.45, 7) is 10.4. The van der Waals surface area contributed by atoms with Crippen molar-refractivity contribution >= 4 is 11.9 Å². The predicted molar refractivity (Wildman–Crippen MR) is 108 cm³/mol. The van der Waals surface area contributed by atoms with Gasteiger partial charge in [0.15, 0.2) is 0 Å². The Labute approximate surface area is 166 Å². The quantitative estimate of drug-likeness (QED) is 0.709. The monoisotopic (exact) mass is 386 g/mol. The Morgan fingerprint density at radius 3 is 2.50 bits per heavy atom. The van der Waals surface area contributed by atoms with Crippen molar-refractivity contribution in [2.24, 2.45) is 7.05 Å². The van der Waals surface area contributed by atoms with Crippen LogP contribution >= 0.6 is 0 Å². The summed E-state index contributed by atoms with van der Waals surface area (Å²) in [6, 6.07) is 7.24. The Morgan fingerprint density at radius 2 is 1.96 bits per heavy atom. The number of hydrogen-bond donors (Lipinski definition) is 1. The molecule has 0 unspecified atom stereocenters. The Balaban J connectivity index is 2.15. The minimum Gasteiger partial charge on any atom is -0.467 e. The molecular formula is C21H30N4O3. The van der Waals surface area contributed by atoms with Crippen LogP contribution in [-0.4, -0.2) is 44.9 Å². The molecule has 7 heteroatoms. The molecule has 3 amide bonds. The first-order chi connectivity index (χ1) is 13.2. The number of furan rings is 1. The summed E-state index contributed by atoms with van der Waals surface area (Å²) in [6.07, 6.45) is 5.14. The molecule has 1 N–H and O–H groups in total. The molecule has 0 radical (unpaired) electrons. The molecule has 0 aliphatic carbocycles. The van der Waals surface area contributed by atoms with Gasteiger partial charge in [-0.1, -0.05) is 6.08 Å². The molecule has 0 fully saturated rings. The van der Waals surface area contributed by atoms with Crippen LogP contribution in [0, 0.1) is 0 Å². The second kappa shape index (κ2) is 9.30. The highest BCUT2D eigenvalue weighted by atomic mass is 16.3. The third-order valence-corrected chi connectivity index (χ3v) is 4.13. The van der Waals surface area contributed by atoms with Crippen molar-refractivity contribution in [1.29, 1.82) is 0 Å². The highest BCUT2D eigenvalue weighted by Crippen LogP contribution is 2.12. The fourth-order valence-electron chi connectivity index (χ4n) is 2.72. The molecule has 0 aliphatic rings. The number of urea groups is 1. The molecule has 0 bridgehead atoms. The van der Waals surface area contributed by atoms with E-state index >= 15 is 0 Å². The first-order valence-corrected chi connectivity index (χ1v) is 9.28. The van der Waals surface area contributed by atoms with Gasteiger partial charge < -0.3 is 24.1 Å². The first-order valence-electron chi connectivity index (χ1n) is 9.28. The van der Waals surface area contributed by atoms with E-state index in [-0.39, 0.29) is 25.0 Å². The molecule has 2 aromatic heterocycles. The van der Waals surface area contributed by atoms with Gasteiger partial charge in [-0.05, 0) is 45.0 Å². The zero-order valence-corrected chi connectivity index (χ0v) is 17.1. The number of carbonyl (C=O) groups excluding carboxylic acids is 2. The lowest BCUT2D eigenvalue weighted by Crippen LogP contribution is -2.51. The van der Waals surface area contributed by atoms with Crippen molar-refractivity contribution in [2.45, 2.75) is 39.4 Å². The summed E-state index contributed by atoms with van der Waals surface area (Å²) in [5.74, 6) is 0.528. The molecule has 2 rings (SSSR count). The molecule has 0 spiro atoms. The van der Waals surface area contributed by atoms with Gasteiger partial charge in [-0.3, -0.25) is 4.79 Å². The van der Waals surface area contributed by atoms with Crippen molar-refractivity contribution in [3.8, 4) is 0 Å². The van der Waals surface area contributed by atoms with Crippen LogP contribution in [0.25, 0.3) is 0 Å². The molecule has 2 heterocycles. The lowest BCUT2D eigenvalue weighted by molar-refractivity contribution is -0.133. The van der Waals surface area contributed by atoms with Gasteiger partial charge in [0, 0.05) is 31.0 Å². The van der Waals surface area contributed by atoms with Crippen LogP contribution < -0.4 is 5.32 Å². The number of nitrogens with zero attached hydrogens (tertiary/aromatic N) is 3. The minimum absolute atomic E-state index is 0.0426. The zero-order valence-electron chi connectivity index (χ0n) is 17.1. The summed E-state index contributed by atoms with van der Waals surface area (Å²) in [5.41, 5.74) is 0.602. The van der Waals surface area contributed by atoms with Gasteiger partial charge in [-0.15, -0.1) is 6.58 Å².